The first kappa shape index (κ1) is 15.7. The molecule has 3 nitrogen and oxygen atoms in total. The van der Waals surface area contributed by atoms with E-state index in [0.717, 1.165) is 5.56 Å². The summed E-state index contributed by atoms with van der Waals surface area (Å²) >= 11 is 0. The van der Waals surface area contributed by atoms with E-state index < -0.39 is 11.9 Å². The second-order valence-corrected chi connectivity index (χ2v) is 6.06. The Kier molecular flexibility index (Phi) is 5.12. The maximum Gasteiger partial charge on any atom is 0.311 e. The molecule has 3 atom stereocenters. The number of carboxylic acids is 1. The minimum Gasteiger partial charge on any atom is -0.481 e. The van der Waals surface area contributed by atoms with Gasteiger partial charge >= 0.3 is 5.97 Å². The zero-order chi connectivity index (χ0) is 14.6. The molecule has 0 spiro atoms. The van der Waals surface area contributed by atoms with Crippen LogP contribution in [0.25, 0.3) is 0 Å². The molecule has 0 saturated carbocycles. The van der Waals surface area contributed by atoms with Crippen molar-refractivity contribution >= 4 is 5.97 Å². The van der Waals surface area contributed by atoms with Gasteiger partial charge in [0.15, 0.2) is 0 Å². The third kappa shape index (κ3) is 3.80. The molecular weight excluding hydrogens is 240 g/mol. The summed E-state index contributed by atoms with van der Waals surface area (Å²) in [5.41, 5.74) is 0.674. The van der Waals surface area contributed by atoms with Crippen molar-refractivity contribution in [2.24, 2.45) is 11.3 Å². The van der Waals surface area contributed by atoms with Crippen LogP contribution in [0.5, 0.6) is 0 Å². The first-order valence-electron chi connectivity index (χ1n) is 6.59. The monoisotopic (exact) mass is 264 g/mol. The number of hydrogen-bond donors (Lipinski definition) is 1. The predicted molar refractivity (Wildman–Crippen MR) is 76.2 cm³/mol. The first-order valence-corrected chi connectivity index (χ1v) is 6.59. The third-order valence-electron chi connectivity index (χ3n) is 3.66. The fourth-order valence-corrected chi connectivity index (χ4v) is 2.79. The van der Waals surface area contributed by atoms with Gasteiger partial charge in [-0.1, -0.05) is 51.1 Å². The van der Waals surface area contributed by atoms with E-state index >= 15 is 0 Å². The molecule has 0 fully saturated rings. The first-order chi connectivity index (χ1) is 8.79. The highest BCUT2D eigenvalue weighted by Crippen LogP contribution is 2.41. The molecule has 0 aliphatic carbocycles. The SMILES string of the molecule is CO[C@@H](C)[C@H]([C@@H](C(=O)O)c1ccccc1)C(C)(C)C. The van der Waals surface area contributed by atoms with Crippen LogP contribution in [0, 0.1) is 11.3 Å². The van der Waals surface area contributed by atoms with Crippen LogP contribution in [0.4, 0.5) is 0 Å². The Balaban J connectivity index is 3.25. The van der Waals surface area contributed by atoms with E-state index in [1.165, 1.54) is 0 Å². The Morgan fingerprint density at radius 2 is 1.74 bits per heavy atom. The summed E-state index contributed by atoms with van der Waals surface area (Å²) in [7, 11) is 1.63. The number of ether oxygens (including phenoxy) is 1. The van der Waals surface area contributed by atoms with Crippen LogP contribution in [0.2, 0.25) is 0 Å². The average Bonchev–Trinajstić information content (AvgIpc) is 2.34. The smallest absolute Gasteiger partial charge is 0.311 e. The Hall–Kier alpha value is -1.35. The molecule has 0 saturated heterocycles. The minimum atomic E-state index is -0.796. The highest BCUT2D eigenvalue weighted by molar-refractivity contribution is 5.76. The summed E-state index contributed by atoms with van der Waals surface area (Å²) in [6.07, 6.45) is -0.124. The zero-order valence-corrected chi connectivity index (χ0v) is 12.4. The number of aliphatic carboxylic acids is 1. The van der Waals surface area contributed by atoms with Crippen LogP contribution in [-0.4, -0.2) is 24.3 Å². The molecule has 0 heterocycles. The van der Waals surface area contributed by atoms with E-state index in [0.29, 0.717) is 0 Å². The van der Waals surface area contributed by atoms with Crippen molar-refractivity contribution in [3.8, 4) is 0 Å². The number of hydrogen-bond acceptors (Lipinski definition) is 2. The second-order valence-electron chi connectivity index (χ2n) is 6.06. The Morgan fingerprint density at radius 1 is 1.21 bits per heavy atom. The topological polar surface area (TPSA) is 46.5 Å². The van der Waals surface area contributed by atoms with Crippen LogP contribution in [0.15, 0.2) is 30.3 Å². The molecule has 0 aromatic heterocycles. The van der Waals surface area contributed by atoms with Crippen molar-refractivity contribution in [3.63, 3.8) is 0 Å². The maximum atomic E-state index is 11.8. The number of rotatable bonds is 5. The lowest BCUT2D eigenvalue weighted by molar-refractivity contribution is -0.144. The lowest BCUT2D eigenvalue weighted by Crippen LogP contribution is -2.39. The molecule has 1 N–H and O–H groups in total. The van der Waals surface area contributed by atoms with Gasteiger partial charge in [-0.15, -0.1) is 0 Å². The van der Waals surface area contributed by atoms with E-state index in [9.17, 15) is 9.90 Å². The summed E-state index contributed by atoms with van der Waals surface area (Å²) in [5, 5.41) is 9.65. The van der Waals surface area contributed by atoms with E-state index in [2.05, 4.69) is 20.8 Å². The van der Waals surface area contributed by atoms with Crippen molar-refractivity contribution in [1.29, 1.82) is 0 Å². The van der Waals surface area contributed by atoms with E-state index in [4.69, 9.17) is 4.74 Å². The van der Waals surface area contributed by atoms with Crippen molar-refractivity contribution < 1.29 is 14.6 Å². The van der Waals surface area contributed by atoms with Crippen molar-refractivity contribution in [1.82, 2.24) is 0 Å². The van der Waals surface area contributed by atoms with Gasteiger partial charge in [0.1, 0.15) is 0 Å². The van der Waals surface area contributed by atoms with Gasteiger partial charge in [-0.05, 0) is 17.9 Å². The van der Waals surface area contributed by atoms with Crippen LogP contribution >= 0.6 is 0 Å². The maximum absolute atomic E-state index is 11.8. The molecule has 0 radical (unpaired) electrons. The lowest BCUT2D eigenvalue weighted by atomic mass is 9.68. The van der Waals surface area contributed by atoms with Crippen LogP contribution in [-0.2, 0) is 9.53 Å². The molecule has 1 aromatic rings. The number of carbonyl (C=O) groups is 1. The molecule has 0 amide bonds. The fourth-order valence-electron chi connectivity index (χ4n) is 2.79. The quantitative estimate of drug-likeness (QED) is 0.884. The van der Waals surface area contributed by atoms with Crippen molar-refractivity contribution in [2.75, 3.05) is 7.11 Å². The molecule has 1 aromatic carbocycles. The van der Waals surface area contributed by atoms with Crippen molar-refractivity contribution in [3.05, 3.63) is 35.9 Å². The van der Waals surface area contributed by atoms with Gasteiger partial charge in [0.2, 0.25) is 0 Å². The van der Waals surface area contributed by atoms with Crippen molar-refractivity contribution in [2.45, 2.75) is 39.7 Å². The van der Waals surface area contributed by atoms with Gasteiger partial charge in [0.25, 0.3) is 0 Å². The highest BCUT2D eigenvalue weighted by atomic mass is 16.5. The van der Waals surface area contributed by atoms with Gasteiger partial charge in [-0.25, -0.2) is 0 Å². The fraction of sp³-hybridized carbons (Fsp3) is 0.562. The largest absolute Gasteiger partial charge is 0.481 e. The van der Waals surface area contributed by atoms with Gasteiger partial charge in [-0.3, -0.25) is 4.79 Å². The molecule has 106 valence electrons. The Bertz CT molecular complexity index is 406. The number of benzene rings is 1. The van der Waals surface area contributed by atoms with Crippen LogP contribution in [0.3, 0.4) is 0 Å². The number of carboxylic acid groups (broad SMARTS) is 1. The molecule has 19 heavy (non-hydrogen) atoms. The predicted octanol–water partition coefficient (Wildman–Crippen LogP) is 3.55. The third-order valence-corrected chi connectivity index (χ3v) is 3.66. The molecule has 0 bridgehead atoms. The van der Waals surface area contributed by atoms with Crippen LogP contribution < -0.4 is 0 Å². The van der Waals surface area contributed by atoms with E-state index in [-0.39, 0.29) is 17.4 Å². The molecule has 0 aliphatic rings. The summed E-state index contributed by atoms with van der Waals surface area (Å²) in [6, 6.07) is 9.40. The standard InChI is InChI=1S/C16H24O3/c1-11(19-5)14(16(2,3)4)13(15(17)18)12-9-7-6-8-10-12/h6-11,13-14H,1-5H3,(H,17,18)/t11-,13-,14+/m0/s1. The van der Waals surface area contributed by atoms with E-state index in [1.807, 2.05) is 37.3 Å². The van der Waals surface area contributed by atoms with Crippen LogP contribution in [0.1, 0.15) is 39.2 Å². The molecule has 0 aliphatic heterocycles. The Morgan fingerprint density at radius 3 is 2.11 bits per heavy atom. The lowest BCUT2D eigenvalue weighted by Gasteiger charge is -2.38. The van der Waals surface area contributed by atoms with Gasteiger partial charge in [0, 0.05) is 13.0 Å². The second kappa shape index (κ2) is 6.20. The Labute approximate surface area is 115 Å². The number of methoxy groups -OCH3 is 1. The summed E-state index contributed by atoms with van der Waals surface area (Å²) < 4.78 is 5.43. The molecule has 1 rings (SSSR count). The average molecular weight is 264 g/mol. The molecular formula is C16H24O3. The normalized spacial score (nSPS) is 16.7. The zero-order valence-electron chi connectivity index (χ0n) is 12.4. The summed E-state index contributed by atoms with van der Waals surface area (Å²) in [6.45, 7) is 8.12. The minimum absolute atomic E-state index is 0.0996. The molecule has 3 heteroatoms. The summed E-state index contributed by atoms with van der Waals surface area (Å²) in [5.74, 6) is -1.46. The van der Waals surface area contributed by atoms with E-state index in [1.54, 1.807) is 7.11 Å². The van der Waals surface area contributed by atoms with Gasteiger partial charge in [0.05, 0.1) is 12.0 Å². The van der Waals surface area contributed by atoms with Gasteiger partial charge < -0.3 is 9.84 Å². The summed E-state index contributed by atoms with van der Waals surface area (Å²) in [4.78, 5) is 11.8. The van der Waals surface area contributed by atoms with Gasteiger partial charge in [-0.2, -0.15) is 0 Å². The highest BCUT2D eigenvalue weighted by Gasteiger charge is 2.41. The molecule has 0 unspecified atom stereocenters.